The van der Waals surface area contributed by atoms with E-state index in [1.165, 1.54) is 13.8 Å². The van der Waals surface area contributed by atoms with Gasteiger partial charge in [-0.15, -0.1) is 0 Å². The molecule has 0 radical (unpaired) electrons. The Morgan fingerprint density at radius 2 is 1.75 bits per heavy atom. The molecule has 0 saturated heterocycles. The highest BCUT2D eigenvalue weighted by Crippen LogP contribution is 2.18. The number of ketones is 1. The lowest BCUT2D eigenvalue weighted by molar-refractivity contribution is -0.383. The Balaban J connectivity index is 3.01. The summed E-state index contributed by atoms with van der Waals surface area (Å²) in [4.78, 5) is 21.9. The van der Waals surface area contributed by atoms with E-state index < -0.39 is 18.9 Å². The van der Waals surface area contributed by atoms with E-state index in [0.29, 0.717) is 11.5 Å². The molecule has 1 rings (SSSR count). The lowest BCUT2D eigenvalue weighted by Crippen LogP contribution is -2.51. The molecular weight excluding hydrogens is 215 g/mol. The minimum atomic E-state index is -2.86. The molecule has 0 aliphatic carbocycles. The molecule has 6 nitrogen and oxygen atoms in total. The Kier molecular flexibility index (Phi) is 3.36. The van der Waals surface area contributed by atoms with E-state index in [9.17, 15) is 9.59 Å². The first kappa shape index (κ1) is 12.3. The number of hydrogen-bond donors (Lipinski definition) is 0. The van der Waals surface area contributed by atoms with Gasteiger partial charge in [0.2, 0.25) is 0 Å². The van der Waals surface area contributed by atoms with Gasteiger partial charge in [-0.25, -0.2) is 0 Å². The van der Waals surface area contributed by atoms with Gasteiger partial charge in [-0.1, -0.05) is 0 Å². The lowest BCUT2D eigenvalue weighted by atomic mass is 10.0. The maximum absolute atomic E-state index is 10.9. The molecule has 0 saturated carbocycles. The third kappa shape index (κ3) is 3.11. The molecule has 0 fully saturated rings. The van der Waals surface area contributed by atoms with Crippen molar-refractivity contribution in [2.45, 2.75) is 27.7 Å². The van der Waals surface area contributed by atoms with E-state index in [1.807, 2.05) is 0 Å². The van der Waals surface area contributed by atoms with Crippen LogP contribution in [0.2, 0.25) is 0 Å². The molecule has 7 heteroatoms. The van der Waals surface area contributed by atoms with E-state index in [4.69, 9.17) is 18.3 Å². The van der Waals surface area contributed by atoms with Crippen molar-refractivity contribution in [2.75, 3.05) is 0 Å². The summed E-state index contributed by atoms with van der Waals surface area (Å²) >= 11 is 0. The summed E-state index contributed by atoms with van der Waals surface area (Å²) in [5, 5.41) is 0. The van der Waals surface area contributed by atoms with Crippen LogP contribution in [-0.4, -0.2) is 24.7 Å². The summed E-state index contributed by atoms with van der Waals surface area (Å²) in [7, 11) is 0. The van der Waals surface area contributed by atoms with Gasteiger partial charge in [0.25, 0.3) is 17.7 Å². The number of allylic oxidation sites excluding steroid dienone is 2. The Hall–Kier alpha value is -1.79. The molecule has 88 valence electrons. The van der Waals surface area contributed by atoms with Gasteiger partial charge >= 0.3 is 6.96 Å². The zero-order valence-electron chi connectivity index (χ0n) is 9.60. The molecule has 0 unspecified atom stereocenters. The summed E-state index contributed by atoms with van der Waals surface area (Å²) in [5.41, 5.74) is 0. The van der Waals surface area contributed by atoms with Gasteiger partial charge in [0.05, 0.1) is 11.8 Å². The molecule has 1 aliphatic heterocycles. The zero-order chi connectivity index (χ0) is 12.3. The third-order valence-corrected chi connectivity index (χ3v) is 1.69. The molecule has 0 aromatic heterocycles. The normalized spacial score (nSPS) is 17.8. The summed E-state index contributed by atoms with van der Waals surface area (Å²) in [6, 6.07) is 0. The fourth-order valence-electron chi connectivity index (χ4n) is 1.36. The zero-order valence-corrected chi connectivity index (χ0v) is 9.60. The van der Waals surface area contributed by atoms with Crippen LogP contribution in [0.3, 0.4) is 0 Å². The minimum Gasteiger partial charge on any atom is -0.554 e. The maximum Gasteiger partial charge on any atom is 1.04 e. The Morgan fingerprint density at radius 3 is 2.12 bits per heavy atom. The highest BCUT2D eigenvalue weighted by molar-refractivity contribution is 6.55. The van der Waals surface area contributed by atoms with Crippen LogP contribution in [0.25, 0.3) is 0 Å². The largest absolute Gasteiger partial charge is 1.04 e. The van der Waals surface area contributed by atoms with E-state index in [2.05, 4.69) is 0 Å². The molecule has 0 N–H and O–H groups in total. The van der Waals surface area contributed by atoms with Gasteiger partial charge in [-0.05, 0) is 6.92 Å². The molecule has 16 heavy (non-hydrogen) atoms. The topological polar surface area (TPSA) is 73.1 Å². The van der Waals surface area contributed by atoms with E-state index in [-0.39, 0.29) is 0 Å². The quantitative estimate of drug-likeness (QED) is 0.511. The monoisotopic (exact) mass is 228 g/mol. The highest BCUT2D eigenvalue weighted by atomic mass is 16.9. The van der Waals surface area contributed by atoms with E-state index in [1.54, 1.807) is 19.9 Å². The summed E-state index contributed by atoms with van der Waals surface area (Å²) < 4.78 is 19.9. The molecule has 0 amide bonds. The van der Waals surface area contributed by atoms with Gasteiger partial charge in [0, 0.05) is 20.8 Å². The second-order valence-corrected chi connectivity index (χ2v) is 3.40. The van der Waals surface area contributed by atoms with Gasteiger partial charge in [0.1, 0.15) is 0 Å². The van der Waals surface area contributed by atoms with Crippen molar-refractivity contribution in [2.24, 2.45) is 0 Å². The standard InChI is InChI=1S/C9H13BO6/c1-6-5-7(2)14-10(13-6,15-8(3)11)16-9(4)12/h5H,1-4H3. The van der Waals surface area contributed by atoms with Gasteiger partial charge < -0.3 is 18.3 Å². The average Bonchev–Trinajstić information content (AvgIpc) is 1.95. The van der Waals surface area contributed by atoms with Crippen LogP contribution < -0.4 is 0 Å². The van der Waals surface area contributed by atoms with E-state index >= 15 is 0 Å². The number of carbonyl (C=O) groups excluding carboxylic acids is 3. The number of rotatable bonds is 2. The predicted molar refractivity (Wildman–Crippen MR) is 54.8 cm³/mol. The Labute approximate surface area is 92.9 Å². The van der Waals surface area contributed by atoms with Crippen LogP contribution in [0.1, 0.15) is 27.7 Å². The highest BCUT2D eigenvalue weighted by Gasteiger charge is 2.60. The van der Waals surface area contributed by atoms with Gasteiger partial charge in [0.15, 0.2) is 0 Å². The van der Waals surface area contributed by atoms with Crippen LogP contribution in [0.4, 0.5) is 0 Å². The first-order valence-electron chi connectivity index (χ1n) is 4.74. The minimum absolute atomic E-state index is 0.436. The van der Waals surface area contributed by atoms with Crippen molar-refractivity contribution in [3.05, 3.63) is 11.8 Å². The van der Waals surface area contributed by atoms with Crippen LogP contribution in [0.5, 0.6) is 0 Å². The van der Waals surface area contributed by atoms with Crippen molar-refractivity contribution in [3.63, 3.8) is 0 Å². The van der Waals surface area contributed by atoms with Gasteiger partial charge in [-0.2, -0.15) is 0 Å². The van der Waals surface area contributed by atoms with E-state index in [0.717, 1.165) is 0 Å². The summed E-state index contributed by atoms with van der Waals surface area (Å²) in [6.07, 6.45) is 1.59. The first-order chi connectivity index (χ1) is 7.33. The second-order valence-electron chi connectivity index (χ2n) is 3.40. The molecule has 0 bridgehead atoms. The van der Waals surface area contributed by atoms with Crippen LogP contribution in [0, 0.1) is 0 Å². The lowest BCUT2D eigenvalue weighted by Gasteiger charge is -2.27. The van der Waals surface area contributed by atoms with Gasteiger partial charge in [-0.3, -0.25) is 9.59 Å². The Morgan fingerprint density at radius 1 is 1.25 bits per heavy atom. The van der Waals surface area contributed by atoms with Crippen molar-refractivity contribution in [1.29, 1.82) is 0 Å². The predicted octanol–water partition coefficient (Wildman–Crippen LogP) is 0.607. The fourth-order valence-corrected chi connectivity index (χ4v) is 1.36. The summed E-state index contributed by atoms with van der Waals surface area (Å²) in [6.45, 7) is 2.75. The van der Waals surface area contributed by atoms with Crippen LogP contribution >= 0.6 is 0 Å². The smallest absolute Gasteiger partial charge is 0.554 e. The average molecular weight is 228 g/mol. The molecular formula is C9H13BO6. The molecule has 1 heterocycles. The Bertz CT molecular complexity index is 362. The first-order valence-corrected chi connectivity index (χ1v) is 4.74. The van der Waals surface area contributed by atoms with Crippen molar-refractivity contribution in [1.82, 2.24) is 0 Å². The van der Waals surface area contributed by atoms with Crippen molar-refractivity contribution >= 4 is 24.7 Å². The maximum atomic E-state index is 10.9. The third-order valence-electron chi connectivity index (χ3n) is 1.69. The molecule has 1 aliphatic rings. The number of hydrogen-bond acceptors (Lipinski definition) is 5. The fraction of sp³-hybridized carbons (Fsp3) is 0.444. The second kappa shape index (κ2) is 4.38. The van der Waals surface area contributed by atoms with Crippen LogP contribution in [-0.2, 0) is 27.9 Å². The number of carbonyl (C=O) groups is 2. The molecule has 0 aromatic carbocycles. The van der Waals surface area contributed by atoms with Crippen LogP contribution in [0.15, 0.2) is 11.8 Å². The molecule has 0 aromatic rings. The molecule has 0 spiro atoms. The summed E-state index contributed by atoms with van der Waals surface area (Å²) in [5.74, 6) is -0.454. The molecule has 0 atom stereocenters. The van der Waals surface area contributed by atoms with Crippen molar-refractivity contribution < 1.29 is 27.9 Å². The van der Waals surface area contributed by atoms with Crippen molar-refractivity contribution in [3.8, 4) is 0 Å². The SMILES string of the molecule is CC(=O)O[B-]1(OC(C)=O)OC(C)=CC(C)=[O+]1.